The van der Waals surface area contributed by atoms with Crippen molar-refractivity contribution in [3.05, 3.63) is 63.4 Å². The number of rotatable bonds is 4. The number of aromatic nitrogens is 1. The maximum Gasteiger partial charge on any atom is 0.248 e. The van der Waals surface area contributed by atoms with E-state index in [1.54, 1.807) is 0 Å². The highest BCUT2D eigenvalue weighted by molar-refractivity contribution is 7.16. The number of thiazole rings is 1. The second-order valence-corrected chi connectivity index (χ2v) is 7.10. The summed E-state index contributed by atoms with van der Waals surface area (Å²) < 4.78 is 2.91. The van der Waals surface area contributed by atoms with Crippen LogP contribution in [0.15, 0.2) is 47.5 Å². The average molecular weight is 369 g/mol. The summed E-state index contributed by atoms with van der Waals surface area (Å²) in [5.74, 6) is 2.49. The molecule has 1 heterocycles. The summed E-state index contributed by atoms with van der Waals surface area (Å²) in [7, 11) is 0. The summed E-state index contributed by atoms with van der Waals surface area (Å²) >= 11 is 7.69. The molecule has 0 aliphatic carbocycles. The van der Waals surface area contributed by atoms with Crippen LogP contribution in [0.5, 0.6) is 0 Å². The molecule has 0 unspecified atom stereocenters. The van der Waals surface area contributed by atoms with Crippen molar-refractivity contribution in [3.8, 4) is 12.3 Å². The van der Waals surface area contributed by atoms with Crippen molar-refractivity contribution in [1.82, 2.24) is 4.57 Å². The zero-order valence-corrected chi connectivity index (χ0v) is 15.4. The Hall–Kier alpha value is -2.35. The van der Waals surface area contributed by atoms with E-state index in [2.05, 4.69) is 10.9 Å². The van der Waals surface area contributed by atoms with E-state index in [0.717, 1.165) is 21.3 Å². The molecule has 0 spiro atoms. The monoisotopic (exact) mass is 368 g/mol. The molecule has 3 aromatic rings. The number of hydrogen-bond acceptors (Lipinski definition) is 2. The molecule has 0 saturated carbocycles. The highest BCUT2D eigenvalue weighted by atomic mass is 35.5. The standard InChI is InChI=1S/C20H17ClN2OS/c1-3-13-23-19-14(2)16(21)10-11-17(19)25-20(23)22-18(24)12-9-15-7-5-4-6-8-15/h1,4-8,10-11H,9,12-13H2,2H3. The second kappa shape index (κ2) is 7.69. The molecule has 0 aliphatic heterocycles. The topological polar surface area (TPSA) is 34.4 Å². The summed E-state index contributed by atoms with van der Waals surface area (Å²) in [6, 6.07) is 13.7. The van der Waals surface area contributed by atoms with Gasteiger partial charge in [0.2, 0.25) is 5.91 Å². The fourth-order valence-electron chi connectivity index (χ4n) is 2.70. The van der Waals surface area contributed by atoms with Crippen LogP contribution in [0.1, 0.15) is 17.5 Å². The lowest BCUT2D eigenvalue weighted by Gasteiger charge is -2.04. The van der Waals surface area contributed by atoms with Gasteiger partial charge in [-0.3, -0.25) is 4.79 Å². The lowest BCUT2D eigenvalue weighted by molar-refractivity contribution is -0.118. The Bertz CT molecular complexity index is 1030. The molecule has 0 bridgehead atoms. The number of amides is 1. The Kier molecular flexibility index (Phi) is 5.37. The Morgan fingerprint density at radius 2 is 2.04 bits per heavy atom. The van der Waals surface area contributed by atoms with Crippen molar-refractivity contribution < 1.29 is 4.79 Å². The summed E-state index contributed by atoms with van der Waals surface area (Å²) in [6.45, 7) is 2.30. The molecule has 0 N–H and O–H groups in total. The van der Waals surface area contributed by atoms with Crippen molar-refractivity contribution in [2.75, 3.05) is 0 Å². The van der Waals surface area contributed by atoms with E-state index in [1.807, 2.05) is 54.0 Å². The molecule has 126 valence electrons. The summed E-state index contributed by atoms with van der Waals surface area (Å²) in [6.07, 6.45) is 6.55. The number of hydrogen-bond donors (Lipinski definition) is 0. The molecule has 3 nitrogen and oxygen atoms in total. The summed E-state index contributed by atoms with van der Waals surface area (Å²) in [5.41, 5.74) is 3.02. The van der Waals surface area contributed by atoms with Crippen LogP contribution in [-0.2, 0) is 17.8 Å². The highest BCUT2D eigenvalue weighted by Gasteiger charge is 2.11. The fourth-order valence-corrected chi connectivity index (χ4v) is 3.96. The third-order valence-electron chi connectivity index (χ3n) is 3.97. The van der Waals surface area contributed by atoms with Gasteiger partial charge in [-0.1, -0.05) is 59.2 Å². The van der Waals surface area contributed by atoms with Crippen LogP contribution >= 0.6 is 22.9 Å². The minimum atomic E-state index is -0.148. The van der Waals surface area contributed by atoms with E-state index in [4.69, 9.17) is 18.0 Å². The number of aryl methyl sites for hydroxylation is 2. The molecule has 5 heteroatoms. The molecular formula is C20H17ClN2OS. The Morgan fingerprint density at radius 1 is 1.28 bits per heavy atom. The van der Waals surface area contributed by atoms with Crippen molar-refractivity contribution in [3.63, 3.8) is 0 Å². The van der Waals surface area contributed by atoms with Gasteiger partial charge in [-0.05, 0) is 36.6 Å². The van der Waals surface area contributed by atoms with Crippen LogP contribution in [0.4, 0.5) is 0 Å². The quantitative estimate of drug-likeness (QED) is 0.630. The van der Waals surface area contributed by atoms with E-state index in [0.29, 0.717) is 29.2 Å². The Balaban J connectivity index is 1.95. The van der Waals surface area contributed by atoms with Gasteiger partial charge in [-0.15, -0.1) is 6.42 Å². The first-order valence-corrected chi connectivity index (χ1v) is 9.13. The number of benzene rings is 2. The largest absolute Gasteiger partial charge is 0.304 e. The zero-order chi connectivity index (χ0) is 17.8. The van der Waals surface area contributed by atoms with E-state index >= 15 is 0 Å². The SMILES string of the molecule is C#CCn1c(=NC(=O)CCc2ccccc2)sc2ccc(Cl)c(C)c21. The Morgan fingerprint density at radius 3 is 2.76 bits per heavy atom. The predicted molar refractivity (Wildman–Crippen MR) is 104 cm³/mol. The maximum absolute atomic E-state index is 12.3. The fraction of sp³-hybridized carbons (Fsp3) is 0.200. The van der Waals surface area contributed by atoms with Gasteiger partial charge in [0, 0.05) is 11.4 Å². The maximum atomic E-state index is 12.3. The number of terminal acetylenes is 1. The van der Waals surface area contributed by atoms with Crippen molar-refractivity contribution in [1.29, 1.82) is 0 Å². The van der Waals surface area contributed by atoms with Gasteiger partial charge < -0.3 is 4.57 Å². The molecule has 0 atom stereocenters. The minimum Gasteiger partial charge on any atom is -0.304 e. The van der Waals surface area contributed by atoms with Gasteiger partial charge in [0.15, 0.2) is 4.80 Å². The van der Waals surface area contributed by atoms with Gasteiger partial charge in [0.1, 0.15) is 0 Å². The molecule has 2 aromatic carbocycles. The number of carbonyl (C=O) groups is 1. The van der Waals surface area contributed by atoms with E-state index < -0.39 is 0 Å². The number of halogens is 1. The predicted octanol–water partition coefficient (Wildman–Crippen LogP) is 4.36. The van der Waals surface area contributed by atoms with E-state index in [9.17, 15) is 4.79 Å². The van der Waals surface area contributed by atoms with Crippen LogP contribution in [0.2, 0.25) is 5.02 Å². The van der Waals surface area contributed by atoms with Crippen LogP contribution in [0, 0.1) is 19.3 Å². The van der Waals surface area contributed by atoms with Crippen LogP contribution in [0.25, 0.3) is 10.2 Å². The molecule has 3 rings (SSSR count). The molecule has 0 aliphatic rings. The third-order valence-corrected chi connectivity index (χ3v) is 5.42. The zero-order valence-electron chi connectivity index (χ0n) is 13.8. The number of nitrogens with zero attached hydrogens (tertiary/aromatic N) is 2. The normalized spacial score (nSPS) is 11.6. The van der Waals surface area contributed by atoms with Crippen molar-refractivity contribution in [2.45, 2.75) is 26.3 Å². The molecule has 1 aromatic heterocycles. The second-order valence-electron chi connectivity index (χ2n) is 5.69. The highest BCUT2D eigenvalue weighted by Crippen LogP contribution is 2.27. The average Bonchev–Trinajstić information content (AvgIpc) is 2.96. The van der Waals surface area contributed by atoms with Crippen molar-refractivity contribution in [2.24, 2.45) is 4.99 Å². The third kappa shape index (κ3) is 3.84. The van der Waals surface area contributed by atoms with Gasteiger partial charge in [-0.2, -0.15) is 4.99 Å². The summed E-state index contributed by atoms with van der Waals surface area (Å²) in [5, 5.41) is 0.679. The van der Waals surface area contributed by atoms with Gasteiger partial charge in [-0.25, -0.2) is 0 Å². The molecule has 0 fully saturated rings. The van der Waals surface area contributed by atoms with E-state index in [1.165, 1.54) is 11.3 Å². The van der Waals surface area contributed by atoms with Gasteiger partial charge in [0.05, 0.1) is 16.8 Å². The van der Waals surface area contributed by atoms with Crippen molar-refractivity contribution >= 4 is 39.1 Å². The summed E-state index contributed by atoms with van der Waals surface area (Å²) in [4.78, 5) is 17.2. The molecule has 25 heavy (non-hydrogen) atoms. The molecule has 0 saturated heterocycles. The first-order chi connectivity index (χ1) is 12.1. The van der Waals surface area contributed by atoms with E-state index in [-0.39, 0.29) is 5.91 Å². The minimum absolute atomic E-state index is 0.148. The van der Waals surface area contributed by atoms with Crippen LogP contribution < -0.4 is 4.80 Å². The van der Waals surface area contributed by atoms with Crippen LogP contribution in [0.3, 0.4) is 0 Å². The molecule has 0 radical (unpaired) electrons. The van der Waals surface area contributed by atoms with Crippen LogP contribution in [-0.4, -0.2) is 10.5 Å². The lowest BCUT2D eigenvalue weighted by Crippen LogP contribution is -2.17. The lowest BCUT2D eigenvalue weighted by atomic mass is 10.1. The van der Waals surface area contributed by atoms with Gasteiger partial charge in [0.25, 0.3) is 0 Å². The first kappa shape index (κ1) is 17.5. The number of fused-ring (bicyclic) bond motifs is 1. The van der Waals surface area contributed by atoms with Gasteiger partial charge >= 0.3 is 0 Å². The Labute approximate surface area is 155 Å². The number of carbonyl (C=O) groups excluding carboxylic acids is 1. The first-order valence-electron chi connectivity index (χ1n) is 7.93. The smallest absolute Gasteiger partial charge is 0.248 e. The molecule has 1 amide bonds. The molecular weight excluding hydrogens is 352 g/mol.